The minimum atomic E-state index is -0.312. The first kappa shape index (κ1) is 19.0. The number of rotatable bonds is 11. The number of methoxy groups -OCH3 is 2. The zero-order valence-corrected chi connectivity index (χ0v) is 14.4. The maximum absolute atomic E-state index is 5.63. The SMILES string of the molecule is CCO[C@@H](C)c1nnc([C@H](C)OCC)n1[NH2+]CC(OC)OC. The zero-order chi connectivity index (χ0) is 16.5. The highest BCUT2D eigenvalue weighted by Crippen LogP contribution is 2.18. The molecule has 0 bridgehead atoms. The summed E-state index contributed by atoms with van der Waals surface area (Å²) in [5.41, 5.74) is 1.95. The third-order valence-electron chi connectivity index (χ3n) is 3.32. The monoisotopic (exact) mass is 317 g/mol. The Morgan fingerprint density at radius 1 is 0.955 bits per heavy atom. The van der Waals surface area contributed by atoms with Gasteiger partial charge in [0.05, 0.1) is 0 Å². The van der Waals surface area contributed by atoms with E-state index >= 15 is 0 Å². The highest BCUT2D eigenvalue weighted by atomic mass is 16.7. The lowest BCUT2D eigenvalue weighted by Gasteiger charge is -2.17. The molecule has 0 amide bonds. The minimum Gasteiger partial charge on any atom is -0.371 e. The maximum Gasteiger partial charge on any atom is 0.211 e. The molecular weight excluding hydrogens is 288 g/mol. The summed E-state index contributed by atoms with van der Waals surface area (Å²) in [6.07, 6.45) is -0.618. The van der Waals surface area contributed by atoms with Crippen molar-refractivity contribution in [3.05, 3.63) is 11.6 Å². The predicted molar refractivity (Wildman–Crippen MR) is 80.1 cm³/mol. The molecule has 128 valence electrons. The summed E-state index contributed by atoms with van der Waals surface area (Å²) in [7, 11) is 3.23. The molecule has 0 aliphatic rings. The van der Waals surface area contributed by atoms with Crippen molar-refractivity contribution in [2.75, 3.05) is 34.0 Å². The fourth-order valence-corrected chi connectivity index (χ4v) is 2.19. The highest BCUT2D eigenvalue weighted by molar-refractivity contribution is 4.98. The molecule has 8 heteroatoms. The molecule has 2 atom stereocenters. The number of hydrogen-bond acceptors (Lipinski definition) is 6. The van der Waals surface area contributed by atoms with E-state index in [0.717, 1.165) is 11.6 Å². The van der Waals surface area contributed by atoms with Gasteiger partial charge in [0, 0.05) is 27.4 Å². The Morgan fingerprint density at radius 2 is 1.41 bits per heavy atom. The lowest BCUT2D eigenvalue weighted by Crippen LogP contribution is -2.90. The van der Waals surface area contributed by atoms with E-state index in [1.165, 1.54) is 0 Å². The first-order valence-electron chi connectivity index (χ1n) is 7.65. The van der Waals surface area contributed by atoms with Crippen molar-refractivity contribution in [3.8, 4) is 0 Å². The topological polar surface area (TPSA) is 84.2 Å². The van der Waals surface area contributed by atoms with Crippen molar-refractivity contribution >= 4 is 0 Å². The van der Waals surface area contributed by atoms with Gasteiger partial charge in [-0.3, -0.25) is 0 Å². The van der Waals surface area contributed by atoms with E-state index in [4.69, 9.17) is 18.9 Å². The van der Waals surface area contributed by atoms with Crippen molar-refractivity contribution in [2.45, 2.75) is 46.2 Å². The van der Waals surface area contributed by atoms with Gasteiger partial charge < -0.3 is 18.9 Å². The number of aromatic nitrogens is 3. The second-order valence-corrected chi connectivity index (χ2v) is 4.80. The number of ether oxygens (including phenoxy) is 4. The van der Waals surface area contributed by atoms with Crippen LogP contribution in [-0.4, -0.2) is 55.1 Å². The quantitative estimate of drug-likeness (QED) is 0.470. The summed E-state index contributed by atoms with van der Waals surface area (Å²) in [6, 6.07) is 0. The van der Waals surface area contributed by atoms with Gasteiger partial charge in [0.1, 0.15) is 18.8 Å². The first-order valence-corrected chi connectivity index (χ1v) is 7.65. The fourth-order valence-electron chi connectivity index (χ4n) is 2.19. The summed E-state index contributed by atoms with van der Waals surface area (Å²) < 4.78 is 23.6. The molecule has 0 aliphatic carbocycles. The van der Waals surface area contributed by atoms with Crippen molar-refractivity contribution in [2.24, 2.45) is 0 Å². The summed E-state index contributed by atoms with van der Waals surface area (Å²) in [5.74, 6) is 1.49. The Morgan fingerprint density at radius 3 is 1.77 bits per heavy atom. The number of quaternary nitrogens is 1. The second-order valence-electron chi connectivity index (χ2n) is 4.80. The number of hydrogen-bond donors (Lipinski definition) is 1. The Labute approximate surface area is 132 Å². The Kier molecular flexibility index (Phi) is 8.51. The molecule has 1 aromatic heterocycles. The van der Waals surface area contributed by atoms with E-state index in [2.05, 4.69) is 10.2 Å². The van der Waals surface area contributed by atoms with Gasteiger partial charge in [0.2, 0.25) is 17.9 Å². The third kappa shape index (κ3) is 4.99. The molecule has 0 aromatic carbocycles. The standard InChI is InChI=1S/C14H28N4O4/c1-7-21-10(3)13-16-17-14(11(4)22-8-2)18(13)15-9-12(19-5)20-6/h10-12,15H,7-9H2,1-6H3/p+1/t10-,11-/m0/s1. The van der Waals surface area contributed by atoms with Crippen LogP contribution in [0, 0.1) is 0 Å². The highest BCUT2D eigenvalue weighted by Gasteiger charge is 2.25. The van der Waals surface area contributed by atoms with Crippen LogP contribution in [0.1, 0.15) is 51.6 Å². The summed E-state index contributed by atoms with van der Waals surface area (Å²) in [5, 5.41) is 8.53. The van der Waals surface area contributed by atoms with Crippen LogP contribution in [0.15, 0.2) is 0 Å². The molecule has 1 heterocycles. The normalized spacial score (nSPS) is 14.5. The molecule has 0 unspecified atom stereocenters. The van der Waals surface area contributed by atoms with Gasteiger partial charge in [-0.2, -0.15) is 4.68 Å². The van der Waals surface area contributed by atoms with E-state index in [1.54, 1.807) is 14.2 Å². The average Bonchev–Trinajstić information content (AvgIpc) is 2.93. The Hall–Kier alpha value is -1.06. The molecule has 0 saturated heterocycles. The summed E-state index contributed by atoms with van der Waals surface area (Å²) in [4.78, 5) is 0. The van der Waals surface area contributed by atoms with E-state index in [9.17, 15) is 0 Å². The fraction of sp³-hybridized carbons (Fsp3) is 0.857. The van der Waals surface area contributed by atoms with E-state index in [1.807, 2.05) is 37.8 Å². The molecule has 0 saturated carbocycles. The summed E-state index contributed by atoms with van der Waals surface area (Å²) in [6.45, 7) is 9.62. The third-order valence-corrected chi connectivity index (χ3v) is 3.32. The van der Waals surface area contributed by atoms with Gasteiger partial charge in [-0.15, -0.1) is 10.2 Å². The molecule has 0 radical (unpaired) electrons. The smallest absolute Gasteiger partial charge is 0.211 e. The Balaban J connectivity index is 2.97. The van der Waals surface area contributed by atoms with Gasteiger partial charge in [0.25, 0.3) is 0 Å². The van der Waals surface area contributed by atoms with E-state index < -0.39 is 0 Å². The average molecular weight is 317 g/mol. The van der Waals surface area contributed by atoms with Gasteiger partial charge >= 0.3 is 0 Å². The zero-order valence-electron chi connectivity index (χ0n) is 14.4. The molecule has 0 fully saturated rings. The first-order chi connectivity index (χ1) is 10.6. The van der Waals surface area contributed by atoms with Crippen LogP contribution >= 0.6 is 0 Å². The van der Waals surface area contributed by atoms with E-state index in [0.29, 0.717) is 19.8 Å². The molecule has 22 heavy (non-hydrogen) atoms. The van der Waals surface area contributed by atoms with Crippen molar-refractivity contribution < 1.29 is 24.4 Å². The largest absolute Gasteiger partial charge is 0.371 e. The van der Waals surface area contributed by atoms with Crippen LogP contribution in [0.25, 0.3) is 0 Å². The molecular formula is C14H29N4O4+. The van der Waals surface area contributed by atoms with Crippen LogP contribution < -0.4 is 5.43 Å². The van der Waals surface area contributed by atoms with Gasteiger partial charge in [-0.25, -0.2) is 5.43 Å². The summed E-state index contributed by atoms with van der Waals surface area (Å²) >= 11 is 0. The van der Waals surface area contributed by atoms with Gasteiger partial charge in [-0.05, 0) is 27.7 Å². The molecule has 2 N–H and O–H groups in total. The Bertz CT molecular complexity index is 393. The number of nitrogens with two attached hydrogens (primary N) is 1. The maximum atomic E-state index is 5.63. The number of nitrogens with zero attached hydrogens (tertiary/aromatic N) is 3. The molecule has 8 nitrogen and oxygen atoms in total. The molecule has 0 aliphatic heterocycles. The van der Waals surface area contributed by atoms with Crippen molar-refractivity contribution in [3.63, 3.8) is 0 Å². The lowest BCUT2D eigenvalue weighted by molar-refractivity contribution is -0.723. The predicted octanol–water partition coefficient (Wildman–Crippen LogP) is 0.419. The van der Waals surface area contributed by atoms with Crippen LogP contribution in [0.3, 0.4) is 0 Å². The van der Waals surface area contributed by atoms with Crippen LogP contribution in [0.2, 0.25) is 0 Å². The van der Waals surface area contributed by atoms with Gasteiger partial charge in [0.15, 0.2) is 0 Å². The van der Waals surface area contributed by atoms with Gasteiger partial charge in [-0.1, -0.05) is 0 Å². The van der Waals surface area contributed by atoms with Crippen LogP contribution in [0.4, 0.5) is 0 Å². The lowest BCUT2D eigenvalue weighted by atomic mass is 10.3. The molecule has 1 aromatic rings. The molecule has 1 rings (SSSR count). The van der Waals surface area contributed by atoms with Crippen molar-refractivity contribution in [1.82, 2.24) is 14.9 Å². The minimum absolute atomic E-state index is 0.153. The second kappa shape index (κ2) is 9.86. The van der Waals surface area contributed by atoms with E-state index in [-0.39, 0.29) is 18.5 Å². The van der Waals surface area contributed by atoms with Crippen molar-refractivity contribution in [1.29, 1.82) is 0 Å². The van der Waals surface area contributed by atoms with Crippen LogP contribution in [-0.2, 0) is 18.9 Å². The van der Waals surface area contributed by atoms with Crippen LogP contribution in [0.5, 0.6) is 0 Å². The molecule has 0 spiro atoms.